The van der Waals surface area contributed by atoms with Crippen molar-refractivity contribution in [2.24, 2.45) is 17.6 Å². The maximum Gasteiger partial charge on any atom is 0.257 e. The van der Waals surface area contributed by atoms with Gasteiger partial charge in [0.2, 0.25) is 0 Å². The van der Waals surface area contributed by atoms with Crippen LogP contribution in [-0.2, 0) is 0 Å². The second-order valence-electron chi connectivity index (χ2n) is 6.93. The van der Waals surface area contributed by atoms with Crippen molar-refractivity contribution in [3.05, 3.63) is 18.0 Å². The monoisotopic (exact) mass is 374 g/mol. The summed E-state index contributed by atoms with van der Waals surface area (Å²) in [5.74, 6) is 0.261. The van der Waals surface area contributed by atoms with Crippen molar-refractivity contribution < 1.29 is 9.90 Å². The predicted octanol–water partition coefficient (Wildman–Crippen LogP) is 1.57. The van der Waals surface area contributed by atoms with Gasteiger partial charge in [-0.15, -0.1) is 23.2 Å². The summed E-state index contributed by atoms with van der Waals surface area (Å²) in [7, 11) is 0. The number of nitrogens with one attached hydrogen (secondary N) is 1. The molecule has 5 atom stereocenters. The molecule has 1 aromatic rings. The second-order valence-corrected chi connectivity index (χ2v) is 8.05. The molecular formula is C16H24Cl2N4O2. The van der Waals surface area contributed by atoms with Gasteiger partial charge < -0.3 is 15.7 Å². The molecule has 0 bridgehead atoms. The third kappa shape index (κ3) is 3.72. The van der Waals surface area contributed by atoms with E-state index in [2.05, 4.69) is 10.2 Å². The fraction of sp³-hybridized carbons (Fsp3) is 0.750. The highest BCUT2D eigenvalue weighted by atomic mass is 35.5. The van der Waals surface area contributed by atoms with E-state index in [1.54, 1.807) is 12.4 Å². The Hall–Kier alpha value is -0.820. The van der Waals surface area contributed by atoms with Crippen molar-refractivity contribution in [2.45, 2.75) is 48.6 Å². The summed E-state index contributed by atoms with van der Waals surface area (Å²) in [6.07, 6.45) is 5.47. The first-order chi connectivity index (χ1) is 11.5. The average molecular weight is 375 g/mol. The maximum absolute atomic E-state index is 12.3. The number of aliphatic hydroxyl groups excluding tert-OH is 1. The normalized spacial score (nSPS) is 33.4. The number of alkyl halides is 2. The van der Waals surface area contributed by atoms with Gasteiger partial charge in [0.1, 0.15) is 0 Å². The highest BCUT2D eigenvalue weighted by molar-refractivity contribution is 6.30. The third-order valence-electron chi connectivity index (χ3n) is 5.46. The molecule has 3 rings (SSSR count). The fourth-order valence-electron chi connectivity index (χ4n) is 3.92. The minimum absolute atomic E-state index is 0.000670. The number of carbonyl (C=O) groups excluding carboxylic acids is 1. The summed E-state index contributed by atoms with van der Waals surface area (Å²) in [6.45, 7) is 1.35. The van der Waals surface area contributed by atoms with Crippen LogP contribution in [0.25, 0.3) is 0 Å². The Bertz CT molecular complexity index is 548. The van der Waals surface area contributed by atoms with Crippen LogP contribution in [0, 0.1) is 11.8 Å². The van der Waals surface area contributed by atoms with E-state index in [-0.39, 0.29) is 34.5 Å². The zero-order valence-electron chi connectivity index (χ0n) is 13.4. The van der Waals surface area contributed by atoms with Crippen molar-refractivity contribution >= 4 is 29.1 Å². The number of nitrogens with two attached hydrogens (primary N) is 1. The van der Waals surface area contributed by atoms with E-state index in [0.717, 1.165) is 12.8 Å². The van der Waals surface area contributed by atoms with Crippen molar-refractivity contribution in [1.29, 1.82) is 0 Å². The second kappa shape index (κ2) is 7.60. The summed E-state index contributed by atoms with van der Waals surface area (Å²) < 4.78 is 0. The molecule has 2 fully saturated rings. The van der Waals surface area contributed by atoms with Crippen LogP contribution in [0.5, 0.6) is 0 Å². The lowest BCUT2D eigenvalue weighted by Crippen LogP contribution is -2.51. The first kappa shape index (κ1) is 18.0. The van der Waals surface area contributed by atoms with Gasteiger partial charge in [-0.1, -0.05) is 0 Å². The summed E-state index contributed by atoms with van der Waals surface area (Å²) in [5, 5.41) is 16.5. The van der Waals surface area contributed by atoms with Gasteiger partial charge in [-0.2, -0.15) is 5.10 Å². The lowest BCUT2D eigenvalue weighted by atomic mass is 9.74. The van der Waals surface area contributed by atoms with Crippen LogP contribution in [0.3, 0.4) is 0 Å². The molecule has 0 aromatic carbocycles. The smallest absolute Gasteiger partial charge is 0.257 e. The molecule has 0 spiro atoms. The Labute approximate surface area is 151 Å². The van der Waals surface area contributed by atoms with Crippen molar-refractivity contribution in [3.63, 3.8) is 0 Å². The van der Waals surface area contributed by atoms with Gasteiger partial charge >= 0.3 is 0 Å². The number of amides is 1. The Morgan fingerprint density at radius 1 is 1.33 bits per heavy atom. The van der Waals surface area contributed by atoms with Gasteiger partial charge in [0.15, 0.2) is 0 Å². The summed E-state index contributed by atoms with van der Waals surface area (Å²) >= 11 is 12.4. The van der Waals surface area contributed by atoms with Gasteiger partial charge in [-0.3, -0.25) is 9.89 Å². The molecular weight excluding hydrogens is 351 g/mol. The predicted molar refractivity (Wildman–Crippen MR) is 93.2 cm³/mol. The molecule has 1 amide bonds. The average Bonchev–Trinajstić information content (AvgIpc) is 3.11. The largest absolute Gasteiger partial charge is 0.393 e. The molecule has 6 nitrogen and oxygen atoms in total. The zero-order chi connectivity index (χ0) is 17.3. The molecule has 134 valence electrons. The standard InChI is InChI=1S/C16H24Cl2N4O2/c17-12-5-11(14(23)6-13(12)18)15(19)9-1-3-22(4-2-9)16(24)10-7-20-21-8-10/h7-9,11-15,23H,1-6,19H2,(H,20,21)/t11?,12?,13?,14?,15-/m1/s1. The van der Waals surface area contributed by atoms with Gasteiger partial charge in [0.25, 0.3) is 5.91 Å². The Morgan fingerprint density at radius 2 is 2.00 bits per heavy atom. The minimum atomic E-state index is -0.497. The first-order valence-corrected chi connectivity index (χ1v) is 9.34. The molecule has 0 radical (unpaired) electrons. The van der Waals surface area contributed by atoms with Gasteiger partial charge in [-0.05, 0) is 31.6 Å². The number of likely N-dealkylation sites (tertiary alicyclic amines) is 1. The Morgan fingerprint density at radius 3 is 2.62 bits per heavy atom. The van der Waals surface area contributed by atoms with Crippen LogP contribution >= 0.6 is 23.2 Å². The molecule has 1 saturated carbocycles. The van der Waals surface area contributed by atoms with E-state index >= 15 is 0 Å². The molecule has 1 aromatic heterocycles. The highest BCUT2D eigenvalue weighted by Crippen LogP contribution is 2.37. The maximum atomic E-state index is 12.3. The van der Waals surface area contributed by atoms with E-state index in [1.165, 1.54) is 0 Å². The number of carbonyl (C=O) groups is 1. The summed E-state index contributed by atoms with van der Waals surface area (Å²) in [6, 6.07) is -0.114. The third-order valence-corrected chi connectivity index (χ3v) is 6.56. The molecule has 4 unspecified atom stereocenters. The lowest BCUT2D eigenvalue weighted by Gasteiger charge is -2.42. The molecule has 4 N–H and O–H groups in total. The van der Waals surface area contributed by atoms with Crippen LogP contribution in [0.1, 0.15) is 36.0 Å². The quantitative estimate of drug-likeness (QED) is 0.699. The first-order valence-electron chi connectivity index (χ1n) is 8.47. The number of piperidine rings is 1. The van der Waals surface area contributed by atoms with E-state index in [0.29, 0.717) is 31.5 Å². The molecule has 1 saturated heterocycles. The van der Waals surface area contributed by atoms with Crippen molar-refractivity contribution in [2.75, 3.05) is 13.1 Å². The van der Waals surface area contributed by atoms with Crippen molar-refractivity contribution in [1.82, 2.24) is 15.1 Å². The fourth-order valence-corrected chi connectivity index (χ4v) is 4.51. The van der Waals surface area contributed by atoms with Gasteiger partial charge in [-0.25, -0.2) is 0 Å². The molecule has 8 heteroatoms. The van der Waals surface area contributed by atoms with E-state index < -0.39 is 6.10 Å². The number of aromatic amines is 1. The number of halogens is 2. The van der Waals surface area contributed by atoms with Crippen LogP contribution < -0.4 is 5.73 Å². The highest BCUT2D eigenvalue weighted by Gasteiger charge is 2.40. The van der Waals surface area contributed by atoms with Crippen LogP contribution in [0.2, 0.25) is 0 Å². The van der Waals surface area contributed by atoms with Crippen molar-refractivity contribution in [3.8, 4) is 0 Å². The summed E-state index contributed by atoms with van der Waals surface area (Å²) in [4.78, 5) is 14.2. The number of hydrogen-bond acceptors (Lipinski definition) is 4. The Balaban J connectivity index is 1.55. The van der Waals surface area contributed by atoms with E-state index in [4.69, 9.17) is 28.9 Å². The van der Waals surface area contributed by atoms with E-state index in [9.17, 15) is 9.90 Å². The lowest BCUT2D eigenvalue weighted by molar-refractivity contribution is 0.0338. The number of nitrogens with zero attached hydrogens (tertiary/aromatic N) is 2. The minimum Gasteiger partial charge on any atom is -0.393 e. The van der Waals surface area contributed by atoms with Gasteiger partial charge in [0.05, 0.1) is 28.6 Å². The topological polar surface area (TPSA) is 95.2 Å². The van der Waals surface area contributed by atoms with Crippen LogP contribution in [-0.4, -0.2) is 62.1 Å². The van der Waals surface area contributed by atoms with Crippen LogP contribution in [0.15, 0.2) is 12.4 Å². The molecule has 24 heavy (non-hydrogen) atoms. The molecule has 2 aliphatic rings. The molecule has 1 aliphatic carbocycles. The number of aromatic nitrogens is 2. The summed E-state index contributed by atoms with van der Waals surface area (Å²) in [5.41, 5.74) is 7.04. The number of H-pyrrole nitrogens is 1. The molecule has 1 aliphatic heterocycles. The zero-order valence-corrected chi connectivity index (χ0v) is 15.0. The Kier molecular flexibility index (Phi) is 5.70. The van der Waals surface area contributed by atoms with Crippen LogP contribution in [0.4, 0.5) is 0 Å². The number of hydrogen-bond donors (Lipinski definition) is 3. The molecule has 2 heterocycles. The van der Waals surface area contributed by atoms with E-state index in [1.807, 2.05) is 4.90 Å². The SMILES string of the molecule is N[C@H](C1CCN(C(=O)c2cn[nH]c2)CC1)C1CC(Cl)C(Cl)CC1O. The number of aliphatic hydroxyl groups is 1. The van der Waals surface area contributed by atoms with Gasteiger partial charge in [0, 0.05) is 31.2 Å². The number of rotatable bonds is 3.